The van der Waals surface area contributed by atoms with Gasteiger partial charge in [0, 0.05) is 18.2 Å². The van der Waals surface area contributed by atoms with E-state index in [0.717, 1.165) is 18.5 Å². The number of nitrogens with one attached hydrogen (secondary N) is 2. The third kappa shape index (κ3) is 2.34. The molecule has 1 aliphatic heterocycles. The molecule has 1 amide bonds. The molecule has 0 spiro atoms. The summed E-state index contributed by atoms with van der Waals surface area (Å²) < 4.78 is 0. The van der Waals surface area contributed by atoms with Crippen molar-refractivity contribution in [3.05, 3.63) is 29.8 Å². The number of fused-ring (bicyclic) bond motifs is 1. The third-order valence-corrected chi connectivity index (χ3v) is 4.66. The molecule has 1 aromatic rings. The summed E-state index contributed by atoms with van der Waals surface area (Å²) in [6, 6.07) is 8.39. The van der Waals surface area contributed by atoms with Crippen LogP contribution in [-0.4, -0.2) is 18.0 Å². The van der Waals surface area contributed by atoms with Gasteiger partial charge in [0.2, 0.25) is 5.91 Å². The molecule has 2 unspecified atom stereocenters. The van der Waals surface area contributed by atoms with Gasteiger partial charge in [-0.1, -0.05) is 38.5 Å². The van der Waals surface area contributed by atoms with Crippen molar-refractivity contribution in [2.45, 2.75) is 51.6 Å². The van der Waals surface area contributed by atoms with Crippen LogP contribution in [0.1, 0.15) is 38.7 Å². The second-order valence-corrected chi connectivity index (χ2v) is 6.50. The number of carbonyl (C=O) groups is 1. The van der Waals surface area contributed by atoms with Gasteiger partial charge in [0.15, 0.2) is 0 Å². The minimum Gasteiger partial charge on any atom is -0.373 e. The Hall–Kier alpha value is -1.51. The molecule has 0 saturated heterocycles. The number of para-hydroxylation sites is 1. The van der Waals surface area contributed by atoms with Gasteiger partial charge < -0.3 is 10.6 Å². The smallest absolute Gasteiger partial charge is 0.243 e. The van der Waals surface area contributed by atoms with Crippen LogP contribution in [0.5, 0.6) is 0 Å². The monoisotopic (exact) mass is 258 g/mol. The number of carbonyl (C=O) groups excluding carboxylic acids is 1. The van der Waals surface area contributed by atoms with Crippen molar-refractivity contribution in [1.29, 1.82) is 0 Å². The summed E-state index contributed by atoms with van der Waals surface area (Å²) in [4.78, 5) is 12.4. The summed E-state index contributed by atoms with van der Waals surface area (Å²) in [7, 11) is 0. The number of rotatable bonds is 2. The molecule has 1 aliphatic carbocycles. The molecule has 19 heavy (non-hydrogen) atoms. The van der Waals surface area contributed by atoms with Crippen LogP contribution in [0.2, 0.25) is 0 Å². The van der Waals surface area contributed by atoms with Gasteiger partial charge in [-0.05, 0) is 29.9 Å². The van der Waals surface area contributed by atoms with E-state index in [0.29, 0.717) is 6.04 Å². The van der Waals surface area contributed by atoms with Crippen LogP contribution in [0.25, 0.3) is 0 Å². The molecule has 1 heterocycles. The quantitative estimate of drug-likeness (QED) is 0.856. The lowest BCUT2D eigenvalue weighted by Crippen LogP contribution is -2.47. The highest BCUT2D eigenvalue weighted by molar-refractivity contribution is 5.87. The summed E-state index contributed by atoms with van der Waals surface area (Å²) in [5.41, 5.74) is 2.59. The van der Waals surface area contributed by atoms with E-state index in [1.807, 2.05) is 18.2 Å². The van der Waals surface area contributed by atoms with Gasteiger partial charge in [0.25, 0.3) is 0 Å². The summed E-state index contributed by atoms with van der Waals surface area (Å²) in [5, 5.41) is 6.57. The highest BCUT2D eigenvalue weighted by Gasteiger charge is 2.37. The Morgan fingerprint density at radius 1 is 1.37 bits per heavy atom. The van der Waals surface area contributed by atoms with Crippen LogP contribution in [0, 0.1) is 5.41 Å². The first-order chi connectivity index (χ1) is 9.06. The Labute approximate surface area is 114 Å². The van der Waals surface area contributed by atoms with Crippen molar-refractivity contribution in [3.8, 4) is 0 Å². The zero-order valence-corrected chi connectivity index (χ0v) is 11.7. The van der Waals surface area contributed by atoms with Crippen LogP contribution >= 0.6 is 0 Å². The van der Waals surface area contributed by atoms with E-state index in [1.165, 1.54) is 18.4 Å². The minimum absolute atomic E-state index is 0.103. The molecule has 102 valence electrons. The third-order valence-electron chi connectivity index (χ3n) is 4.66. The normalized spacial score (nSPS) is 27.7. The molecule has 1 saturated carbocycles. The van der Waals surface area contributed by atoms with Crippen molar-refractivity contribution in [2.75, 3.05) is 5.32 Å². The Balaban J connectivity index is 1.64. The maximum atomic E-state index is 12.4. The van der Waals surface area contributed by atoms with Crippen LogP contribution in [0.3, 0.4) is 0 Å². The largest absolute Gasteiger partial charge is 0.373 e. The topological polar surface area (TPSA) is 41.1 Å². The molecule has 2 aliphatic rings. The molecule has 3 nitrogen and oxygen atoms in total. The Morgan fingerprint density at radius 2 is 2.16 bits per heavy atom. The molecule has 3 heteroatoms. The fourth-order valence-electron chi connectivity index (χ4n) is 3.32. The van der Waals surface area contributed by atoms with E-state index < -0.39 is 0 Å². The number of hydrogen-bond acceptors (Lipinski definition) is 2. The Morgan fingerprint density at radius 3 is 2.84 bits per heavy atom. The Kier molecular flexibility index (Phi) is 3.00. The molecule has 0 bridgehead atoms. The van der Waals surface area contributed by atoms with Gasteiger partial charge in [-0.15, -0.1) is 0 Å². The lowest BCUT2D eigenvalue weighted by molar-refractivity contribution is -0.123. The van der Waals surface area contributed by atoms with E-state index in [2.05, 4.69) is 30.5 Å². The zero-order valence-electron chi connectivity index (χ0n) is 11.7. The average molecular weight is 258 g/mol. The van der Waals surface area contributed by atoms with E-state index in [-0.39, 0.29) is 17.4 Å². The molecule has 0 radical (unpaired) electrons. The molecule has 3 rings (SSSR count). The molecular weight excluding hydrogens is 236 g/mol. The maximum absolute atomic E-state index is 12.4. The van der Waals surface area contributed by atoms with Crippen molar-refractivity contribution in [1.82, 2.24) is 5.32 Å². The van der Waals surface area contributed by atoms with Gasteiger partial charge in [-0.2, -0.15) is 0 Å². The first kappa shape index (κ1) is 12.5. The van der Waals surface area contributed by atoms with E-state index in [1.54, 1.807) is 0 Å². The van der Waals surface area contributed by atoms with Gasteiger partial charge in [-0.25, -0.2) is 0 Å². The number of anilines is 1. The first-order valence-corrected chi connectivity index (χ1v) is 7.21. The summed E-state index contributed by atoms with van der Waals surface area (Å²) >= 11 is 0. The van der Waals surface area contributed by atoms with Gasteiger partial charge in [0.1, 0.15) is 6.04 Å². The van der Waals surface area contributed by atoms with Crippen LogP contribution in [0.4, 0.5) is 5.69 Å². The van der Waals surface area contributed by atoms with Gasteiger partial charge >= 0.3 is 0 Å². The lowest BCUT2D eigenvalue weighted by Gasteiger charge is -2.29. The predicted molar refractivity (Wildman–Crippen MR) is 77.1 cm³/mol. The standard InChI is InChI=1S/C16H22N2O/c1-16(2)9-5-8-14(16)18-15(19)13-10-11-6-3-4-7-12(11)17-13/h3-4,6-7,13-14,17H,5,8-10H2,1-2H3,(H,18,19). The SMILES string of the molecule is CC1(C)CCCC1NC(=O)C1Cc2ccccc2N1. The van der Waals surface area contributed by atoms with Crippen molar-refractivity contribution >= 4 is 11.6 Å². The zero-order chi connectivity index (χ0) is 13.5. The van der Waals surface area contributed by atoms with Crippen LogP contribution in [0.15, 0.2) is 24.3 Å². The van der Waals surface area contributed by atoms with E-state index in [9.17, 15) is 4.79 Å². The predicted octanol–water partition coefficient (Wildman–Crippen LogP) is 2.72. The second kappa shape index (κ2) is 4.55. The summed E-state index contributed by atoms with van der Waals surface area (Å²) in [6.45, 7) is 4.50. The summed E-state index contributed by atoms with van der Waals surface area (Å²) in [5.74, 6) is 0.149. The molecular formula is C16H22N2O. The summed E-state index contributed by atoms with van der Waals surface area (Å²) in [6.07, 6.45) is 4.33. The average Bonchev–Trinajstić information content (AvgIpc) is 2.93. The molecule has 1 aromatic carbocycles. The first-order valence-electron chi connectivity index (χ1n) is 7.21. The molecule has 0 aromatic heterocycles. The number of benzene rings is 1. The van der Waals surface area contributed by atoms with Crippen LogP contribution < -0.4 is 10.6 Å². The lowest BCUT2D eigenvalue weighted by atomic mass is 9.87. The highest BCUT2D eigenvalue weighted by Crippen LogP contribution is 2.37. The van der Waals surface area contributed by atoms with E-state index >= 15 is 0 Å². The Bertz CT molecular complexity index is 470. The van der Waals surface area contributed by atoms with E-state index in [4.69, 9.17) is 0 Å². The van der Waals surface area contributed by atoms with Crippen molar-refractivity contribution in [3.63, 3.8) is 0 Å². The van der Waals surface area contributed by atoms with Gasteiger partial charge in [-0.3, -0.25) is 4.79 Å². The number of hydrogen-bond donors (Lipinski definition) is 2. The maximum Gasteiger partial charge on any atom is 0.243 e. The highest BCUT2D eigenvalue weighted by atomic mass is 16.2. The fraction of sp³-hybridized carbons (Fsp3) is 0.562. The fourth-order valence-corrected chi connectivity index (χ4v) is 3.32. The second-order valence-electron chi connectivity index (χ2n) is 6.50. The van der Waals surface area contributed by atoms with Crippen molar-refractivity contribution in [2.24, 2.45) is 5.41 Å². The number of amides is 1. The van der Waals surface area contributed by atoms with Gasteiger partial charge in [0.05, 0.1) is 0 Å². The molecule has 2 atom stereocenters. The minimum atomic E-state index is -0.103. The molecule has 1 fully saturated rings. The van der Waals surface area contributed by atoms with Crippen LogP contribution in [-0.2, 0) is 11.2 Å². The molecule has 2 N–H and O–H groups in total. The van der Waals surface area contributed by atoms with Crippen molar-refractivity contribution < 1.29 is 4.79 Å².